The molecule has 86 valence electrons. The molecule has 1 aromatic carbocycles. The Labute approximate surface area is 100 Å². The summed E-state index contributed by atoms with van der Waals surface area (Å²) >= 11 is 11.6. The van der Waals surface area contributed by atoms with Crippen LogP contribution in [0.3, 0.4) is 0 Å². The van der Waals surface area contributed by atoms with Gasteiger partial charge in [0.2, 0.25) is 0 Å². The Balaban J connectivity index is 0.00000128. The Hall–Kier alpha value is -1.43. The van der Waals surface area contributed by atoms with E-state index < -0.39 is 0 Å². The monoisotopic (exact) mass is 261 g/mol. The van der Waals surface area contributed by atoms with E-state index in [1.807, 2.05) is 0 Å². The topological polar surface area (TPSA) is 106 Å². The van der Waals surface area contributed by atoms with Crippen LogP contribution in [-0.2, 0) is 0 Å². The van der Waals surface area contributed by atoms with Crippen LogP contribution >= 0.6 is 23.2 Å². The molecule has 0 bridgehead atoms. The maximum absolute atomic E-state index is 11.4. The number of hydrogen-bond donors (Lipinski definition) is 3. The molecule has 0 amide bonds. The first-order chi connectivity index (χ1) is 7.09. The molecule has 0 saturated carbocycles. The van der Waals surface area contributed by atoms with Crippen LogP contribution in [0.15, 0.2) is 23.0 Å². The second-order valence-electron chi connectivity index (χ2n) is 3.00. The highest BCUT2D eigenvalue weighted by molar-refractivity contribution is 6.42. The predicted molar refractivity (Wildman–Crippen MR) is 64.9 cm³/mol. The van der Waals surface area contributed by atoms with E-state index in [0.29, 0.717) is 21.2 Å². The van der Waals surface area contributed by atoms with Crippen LogP contribution in [0.1, 0.15) is 0 Å². The van der Waals surface area contributed by atoms with Gasteiger partial charge in [0.1, 0.15) is 5.82 Å². The summed E-state index contributed by atoms with van der Waals surface area (Å²) in [6, 6.07) is 4.90. The molecular formula is C9H9Cl2N3O2. The van der Waals surface area contributed by atoms with E-state index in [2.05, 4.69) is 10.2 Å². The minimum absolute atomic E-state index is 0. The van der Waals surface area contributed by atoms with Gasteiger partial charge in [-0.05, 0) is 17.7 Å². The molecule has 7 heteroatoms. The standard InChI is InChI=1S/C9H7Cl2N3O.H2O/c10-5-2-1-4(3-6(5)11)7-8(12)13-14-9(7)15;/h1-3H,(H4,12,13,14,15);1H2. The first-order valence-corrected chi connectivity index (χ1v) is 4.86. The Bertz CT molecular complexity index is 562. The quantitative estimate of drug-likeness (QED) is 0.723. The highest BCUT2D eigenvalue weighted by Crippen LogP contribution is 2.28. The summed E-state index contributed by atoms with van der Waals surface area (Å²) in [5.74, 6) is 0.276. The van der Waals surface area contributed by atoms with Gasteiger partial charge in [0.25, 0.3) is 5.56 Å². The lowest BCUT2D eigenvalue weighted by molar-refractivity contribution is 0.824. The van der Waals surface area contributed by atoms with E-state index in [4.69, 9.17) is 28.9 Å². The SMILES string of the molecule is Nc1[nH][nH]c(=O)c1-c1ccc(Cl)c(Cl)c1.O. The Kier molecular flexibility index (Phi) is 3.64. The minimum Gasteiger partial charge on any atom is -0.412 e. The van der Waals surface area contributed by atoms with E-state index in [1.165, 1.54) is 0 Å². The van der Waals surface area contributed by atoms with Crippen molar-refractivity contribution < 1.29 is 5.48 Å². The van der Waals surface area contributed by atoms with Crippen LogP contribution in [0.25, 0.3) is 11.1 Å². The van der Waals surface area contributed by atoms with Crippen LogP contribution < -0.4 is 11.3 Å². The van der Waals surface area contributed by atoms with Gasteiger partial charge in [-0.1, -0.05) is 29.3 Å². The molecule has 0 aliphatic carbocycles. The van der Waals surface area contributed by atoms with Gasteiger partial charge in [-0.2, -0.15) is 0 Å². The lowest BCUT2D eigenvalue weighted by atomic mass is 10.1. The third-order valence-electron chi connectivity index (χ3n) is 2.02. The number of benzene rings is 1. The molecule has 1 aromatic heterocycles. The van der Waals surface area contributed by atoms with Crippen LogP contribution in [0, 0.1) is 0 Å². The van der Waals surface area contributed by atoms with Gasteiger partial charge in [-0.15, -0.1) is 0 Å². The molecule has 0 radical (unpaired) electrons. The zero-order chi connectivity index (χ0) is 11.0. The first-order valence-electron chi connectivity index (χ1n) is 4.11. The molecule has 2 aromatic rings. The molecule has 0 saturated heterocycles. The number of aromatic nitrogens is 2. The van der Waals surface area contributed by atoms with Crippen molar-refractivity contribution in [2.24, 2.45) is 0 Å². The van der Waals surface area contributed by atoms with Gasteiger partial charge in [0.05, 0.1) is 15.6 Å². The van der Waals surface area contributed by atoms with E-state index in [1.54, 1.807) is 18.2 Å². The molecular weight excluding hydrogens is 253 g/mol. The Morgan fingerprint density at radius 3 is 2.31 bits per heavy atom. The van der Waals surface area contributed by atoms with Crippen molar-refractivity contribution in [2.75, 3.05) is 5.73 Å². The second kappa shape index (κ2) is 4.61. The highest BCUT2D eigenvalue weighted by atomic mass is 35.5. The van der Waals surface area contributed by atoms with E-state index >= 15 is 0 Å². The van der Waals surface area contributed by atoms with Crippen molar-refractivity contribution in [3.05, 3.63) is 38.6 Å². The summed E-state index contributed by atoms with van der Waals surface area (Å²) in [5.41, 5.74) is 6.31. The lowest BCUT2D eigenvalue weighted by Crippen LogP contribution is -2.02. The molecule has 0 fully saturated rings. The fourth-order valence-electron chi connectivity index (χ4n) is 1.31. The predicted octanol–water partition coefficient (Wildman–Crippen LogP) is 1.43. The maximum Gasteiger partial charge on any atom is 0.273 e. The van der Waals surface area contributed by atoms with Crippen LogP contribution in [0.5, 0.6) is 0 Å². The molecule has 5 nitrogen and oxygen atoms in total. The summed E-state index contributed by atoms with van der Waals surface area (Å²) in [6.45, 7) is 0. The van der Waals surface area contributed by atoms with E-state index in [-0.39, 0.29) is 16.9 Å². The summed E-state index contributed by atoms with van der Waals surface area (Å²) in [7, 11) is 0. The fraction of sp³-hybridized carbons (Fsp3) is 0. The normalized spacial score (nSPS) is 9.88. The molecule has 0 aliphatic rings. The summed E-state index contributed by atoms with van der Waals surface area (Å²) in [4.78, 5) is 11.4. The molecule has 16 heavy (non-hydrogen) atoms. The second-order valence-corrected chi connectivity index (χ2v) is 3.81. The number of nitrogens with one attached hydrogen (secondary N) is 2. The van der Waals surface area contributed by atoms with Gasteiger partial charge in [0.15, 0.2) is 0 Å². The van der Waals surface area contributed by atoms with Gasteiger partial charge < -0.3 is 11.2 Å². The summed E-state index contributed by atoms with van der Waals surface area (Å²) in [5, 5.41) is 5.74. The number of anilines is 1. The zero-order valence-electron chi connectivity index (χ0n) is 7.97. The minimum atomic E-state index is -0.286. The van der Waals surface area contributed by atoms with Crippen molar-refractivity contribution >= 4 is 29.0 Å². The van der Waals surface area contributed by atoms with E-state index in [0.717, 1.165) is 0 Å². The highest BCUT2D eigenvalue weighted by Gasteiger charge is 2.10. The van der Waals surface area contributed by atoms with Crippen LogP contribution in [0.2, 0.25) is 10.0 Å². The van der Waals surface area contributed by atoms with Crippen LogP contribution in [-0.4, -0.2) is 15.7 Å². The Morgan fingerprint density at radius 2 is 1.81 bits per heavy atom. The number of halogens is 2. The largest absolute Gasteiger partial charge is 0.412 e. The van der Waals surface area contributed by atoms with E-state index in [9.17, 15) is 4.79 Å². The number of aromatic amines is 2. The molecule has 0 atom stereocenters. The third-order valence-corrected chi connectivity index (χ3v) is 2.75. The molecule has 0 unspecified atom stereocenters. The smallest absolute Gasteiger partial charge is 0.273 e. The zero-order valence-corrected chi connectivity index (χ0v) is 9.49. The molecule has 2 rings (SSSR count). The number of nitrogens with two attached hydrogens (primary N) is 1. The average molecular weight is 262 g/mol. The maximum atomic E-state index is 11.4. The molecule has 0 aliphatic heterocycles. The lowest BCUT2D eigenvalue weighted by Gasteiger charge is -2.00. The molecule has 6 N–H and O–H groups in total. The van der Waals surface area contributed by atoms with Gasteiger partial charge in [-0.25, -0.2) is 0 Å². The number of nitrogen functional groups attached to an aromatic ring is 1. The van der Waals surface area contributed by atoms with Gasteiger partial charge >= 0.3 is 0 Å². The Morgan fingerprint density at radius 1 is 1.12 bits per heavy atom. The number of H-pyrrole nitrogens is 2. The van der Waals surface area contributed by atoms with Gasteiger partial charge in [-0.3, -0.25) is 15.0 Å². The molecule has 1 heterocycles. The van der Waals surface area contributed by atoms with Gasteiger partial charge in [0, 0.05) is 0 Å². The van der Waals surface area contributed by atoms with Crippen molar-refractivity contribution in [3.63, 3.8) is 0 Å². The number of hydrogen-bond acceptors (Lipinski definition) is 2. The van der Waals surface area contributed by atoms with Crippen molar-refractivity contribution in [1.82, 2.24) is 10.2 Å². The van der Waals surface area contributed by atoms with Crippen molar-refractivity contribution in [3.8, 4) is 11.1 Å². The van der Waals surface area contributed by atoms with Crippen LogP contribution in [0.4, 0.5) is 5.82 Å². The summed E-state index contributed by atoms with van der Waals surface area (Å²) in [6.07, 6.45) is 0. The third kappa shape index (κ3) is 2.06. The number of rotatable bonds is 1. The summed E-state index contributed by atoms with van der Waals surface area (Å²) < 4.78 is 0. The molecule has 0 spiro atoms. The van der Waals surface area contributed by atoms with Crippen molar-refractivity contribution in [1.29, 1.82) is 0 Å². The van der Waals surface area contributed by atoms with Crippen molar-refractivity contribution in [2.45, 2.75) is 0 Å². The average Bonchev–Trinajstić information content (AvgIpc) is 2.52. The fourth-order valence-corrected chi connectivity index (χ4v) is 1.61. The first kappa shape index (κ1) is 12.6.